The van der Waals surface area contributed by atoms with E-state index >= 15 is 0 Å². The molecule has 2 aliphatic carbocycles. The van der Waals surface area contributed by atoms with Crippen LogP contribution in [0.15, 0.2) is 88.6 Å². The normalized spacial score (nSPS) is 24.9. The summed E-state index contributed by atoms with van der Waals surface area (Å²) in [7, 11) is 0. The number of allylic oxidation sites excluding steroid dienone is 3. The highest BCUT2D eigenvalue weighted by Crippen LogP contribution is 2.35. The van der Waals surface area contributed by atoms with Gasteiger partial charge in [-0.3, -0.25) is 19.4 Å². The zero-order valence-corrected chi connectivity index (χ0v) is 16.8. The predicted octanol–water partition coefficient (Wildman–Crippen LogP) is 3.86. The Labute approximate surface area is 179 Å². The molecule has 5 rings (SSSR count). The third-order valence-electron chi connectivity index (χ3n) is 5.83. The zero-order valence-electron chi connectivity index (χ0n) is 16.8. The molecule has 2 aromatic rings. The first-order valence-corrected chi connectivity index (χ1v) is 10.1. The molecule has 0 spiro atoms. The monoisotopic (exact) mass is 409 g/mol. The second kappa shape index (κ2) is 7.40. The molecular weight excluding hydrogens is 390 g/mol. The largest absolute Gasteiger partial charge is 0.293 e. The van der Waals surface area contributed by atoms with Crippen LogP contribution in [-0.4, -0.2) is 29.4 Å². The minimum absolute atomic E-state index is 0.0526. The standard InChI is InChI=1S/C25H19N3O3/c1-15-22(25(31)28(27-15)17-7-3-2-4-8-17)14-26-16-11-12-20-21(13-16)24(30)19-10-6-5-9-18(19)23(20)29/h2-14,20-22H,1H3/t20-,21-,22+/m0/s1. The number of hydrogen-bond acceptors (Lipinski definition) is 5. The Hall–Kier alpha value is -3.93. The van der Waals surface area contributed by atoms with E-state index < -0.39 is 17.8 Å². The van der Waals surface area contributed by atoms with Crippen molar-refractivity contribution in [3.05, 3.63) is 89.6 Å². The number of carbonyl (C=O) groups excluding carboxylic acids is 3. The van der Waals surface area contributed by atoms with Crippen LogP contribution in [0.25, 0.3) is 0 Å². The molecule has 6 nitrogen and oxygen atoms in total. The van der Waals surface area contributed by atoms with E-state index in [1.54, 1.807) is 55.6 Å². The molecule has 3 atom stereocenters. The fourth-order valence-electron chi connectivity index (χ4n) is 4.18. The highest BCUT2D eigenvalue weighted by molar-refractivity contribution is 6.23. The number of hydrazone groups is 1. The number of ketones is 2. The number of nitrogens with zero attached hydrogens (tertiary/aromatic N) is 3. The second-order valence-electron chi connectivity index (χ2n) is 7.76. The molecule has 0 saturated heterocycles. The minimum atomic E-state index is -0.575. The van der Waals surface area contributed by atoms with Gasteiger partial charge in [-0.2, -0.15) is 10.1 Å². The Morgan fingerprint density at radius 2 is 1.55 bits per heavy atom. The lowest BCUT2D eigenvalue weighted by atomic mass is 9.72. The highest BCUT2D eigenvalue weighted by Gasteiger charge is 2.40. The Morgan fingerprint density at radius 3 is 2.26 bits per heavy atom. The third kappa shape index (κ3) is 3.17. The average molecular weight is 409 g/mol. The Bertz CT molecular complexity index is 1220. The van der Waals surface area contributed by atoms with Gasteiger partial charge in [0.05, 0.1) is 28.9 Å². The number of Topliss-reactive ketones (excluding diaryl/α,β-unsaturated/α-hetero) is 2. The van der Waals surface area contributed by atoms with E-state index in [0.29, 0.717) is 28.2 Å². The molecule has 0 radical (unpaired) electrons. The van der Waals surface area contributed by atoms with Gasteiger partial charge >= 0.3 is 0 Å². The first-order chi connectivity index (χ1) is 15.0. The van der Waals surface area contributed by atoms with E-state index in [0.717, 1.165) is 0 Å². The van der Waals surface area contributed by atoms with Crippen LogP contribution in [-0.2, 0) is 4.79 Å². The van der Waals surface area contributed by atoms with E-state index in [1.807, 2.05) is 30.3 Å². The summed E-state index contributed by atoms with van der Waals surface area (Å²) < 4.78 is 0. The lowest BCUT2D eigenvalue weighted by molar-refractivity contribution is -0.118. The second-order valence-corrected chi connectivity index (χ2v) is 7.76. The van der Waals surface area contributed by atoms with E-state index in [1.165, 1.54) is 5.01 Å². The molecule has 0 saturated carbocycles. The van der Waals surface area contributed by atoms with Crippen LogP contribution in [0.2, 0.25) is 0 Å². The predicted molar refractivity (Wildman–Crippen MR) is 118 cm³/mol. The van der Waals surface area contributed by atoms with Crippen LogP contribution < -0.4 is 5.01 Å². The topological polar surface area (TPSA) is 79.2 Å². The van der Waals surface area contributed by atoms with Crippen LogP contribution in [0.3, 0.4) is 0 Å². The van der Waals surface area contributed by atoms with Crippen LogP contribution >= 0.6 is 0 Å². The number of benzene rings is 2. The van der Waals surface area contributed by atoms with Crippen molar-refractivity contribution >= 4 is 35.1 Å². The number of carbonyl (C=O) groups is 3. The smallest absolute Gasteiger partial charge is 0.261 e. The molecule has 0 unspecified atom stereocenters. The molecule has 2 aromatic carbocycles. The van der Waals surface area contributed by atoms with Crippen molar-refractivity contribution in [2.75, 3.05) is 5.01 Å². The number of fused-ring (bicyclic) bond motifs is 2. The van der Waals surface area contributed by atoms with Crippen molar-refractivity contribution < 1.29 is 14.4 Å². The number of amides is 1. The van der Waals surface area contributed by atoms with E-state index in [9.17, 15) is 14.4 Å². The van der Waals surface area contributed by atoms with Gasteiger partial charge < -0.3 is 0 Å². The quantitative estimate of drug-likeness (QED) is 0.722. The molecule has 1 aliphatic heterocycles. The Balaban J connectivity index is 1.38. The Kier molecular flexibility index (Phi) is 4.55. The summed E-state index contributed by atoms with van der Waals surface area (Å²) in [6.45, 7) is 1.79. The number of rotatable bonds is 3. The lowest BCUT2D eigenvalue weighted by Crippen LogP contribution is -2.35. The van der Waals surface area contributed by atoms with Crippen LogP contribution in [0.1, 0.15) is 27.6 Å². The van der Waals surface area contributed by atoms with E-state index in [4.69, 9.17) is 0 Å². The number of anilines is 1. The Morgan fingerprint density at radius 1 is 0.903 bits per heavy atom. The minimum Gasteiger partial charge on any atom is -0.293 e. The summed E-state index contributed by atoms with van der Waals surface area (Å²) in [4.78, 5) is 43.0. The summed E-state index contributed by atoms with van der Waals surface area (Å²) in [5.41, 5.74) is 2.83. The summed E-state index contributed by atoms with van der Waals surface area (Å²) in [6, 6.07) is 16.1. The van der Waals surface area contributed by atoms with Crippen molar-refractivity contribution in [1.82, 2.24) is 0 Å². The number of para-hydroxylation sites is 1. The maximum atomic E-state index is 12.9. The summed E-state index contributed by atoms with van der Waals surface area (Å²) in [6.07, 6.45) is 6.75. The van der Waals surface area contributed by atoms with Gasteiger partial charge in [0.2, 0.25) is 0 Å². The fourth-order valence-corrected chi connectivity index (χ4v) is 4.18. The lowest BCUT2D eigenvalue weighted by Gasteiger charge is -2.29. The molecular formula is C25H19N3O3. The van der Waals surface area contributed by atoms with Gasteiger partial charge in [-0.05, 0) is 31.2 Å². The third-order valence-corrected chi connectivity index (χ3v) is 5.83. The van der Waals surface area contributed by atoms with Crippen molar-refractivity contribution in [1.29, 1.82) is 0 Å². The average Bonchev–Trinajstić information content (AvgIpc) is 3.09. The molecule has 1 heterocycles. The molecule has 0 bridgehead atoms. The van der Waals surface area contributed by atoms with Gasteiger partial charge in [0.25, 0.3) is 5.91 Å². The first-order valence-electron chi connectivity index (χ1n) is 10.1. The van der Waals surface area contributed by atoms with Gasteiger partial charge in [-0.15, -0.1) is 0 Å². The van der Waals surface area contributed by atoms with Crippen LogP contribution in [0.4, 0.5) is 5.69 Å². The van der Waals surface area contributed by atoms with Gasteiger partial charge in [-0.1, -0.05) is 48.5 Å². The summed E-state index contributed by atoms with van der Waals surface area (Å²) in [5, 5.41) is 5.75. The van der Waals surface area contributed by atoms with Gasteiger partial charge in [-0.25, -0.2) is 0 Å². The first kappa shape index (κ1) is 19.1. The molecule has 152 valence electrons. The van der Waals surface area contributed by atoms with E-state index in [2.05, 4.69) is 10.1 Å². The van der Waals surface area contributed by atoms with Crippen LogP contribution in [0, 0.1) is 17.8 Å². The molecule has 31 heavy (non-hydrogen) atoms. The molecule has 0 N–H and O–H groups in total. The number of hydrogen-bond donors (Lipinski definition) is 0. The summed E-state index contributed by atoms with van der Waals surface area (Å²) in [5.74, 6) is -1.97. The summed E-state index contributed by atoms with van der Waals surface area (Å²) >= 11 is 0. The molecule has 1 amide bonds. The van der Waals surface area contributed by atoms with Crippen molar-refractivity contribution in [2.24, 2.45) is 27.8 Å². The van der Waals surface area contributed by atoms with Crippen molar-refractivity contribution in [3.63, 3.8) is 0 Å². The zero-order chi connectivity index (χ0) is 21.5. The maximum absolute atomic E-state index is 12.9. The van der Waals surface area contributed by atoms with Gasteiger partial charge in [0.1, 0.15) is 5.92 Å². The van der Waals surface area contributed by atoms with Gasteiger partial charge in [0, 0.05) is 17.3 Å². The van der Waals surface area contributed by atoms with Gasteiger partial charge in [0.15, 0.2) is 11.6 Å². The van der Waals surface area contributed by atoms with E-state index in [-0.39, 0.29) is 17.5 Å². The molecule has 3 aliphatic rings. The SMILES string of the molecule is CC1=NN(c2ccccc2)C(=O)[C@@H]1C=NC1=C[C@@H]2C(=O)c3ccccc3C(=O)[C@H]2C=C1. The molecule has 0 fully saturated rings. The molecule has 6 heteroatoms. The molecule has 0 aromatic heterocycles. The van der Waals surface area contributed by atoms with Crippen molar-refractivity contribution in [2.45, 2.75) is 6.92 Å². The maximum Gasteiger partial charge on any atom is 0.261 e. The number of aliphatic imine (C=N–C) groups is 1. The van der Waals surface area contributed by atoms with Crippen molar-refractivity contribution in [3.8, 4) is 0 Å². The van der Waals surface area contributed by atoms with Crippen LogP contribution in [0.5, 0.6) is 0 Å². The highest BCUT2D eigenvalue weighted by atomic mass is 16.2. The fraction of sp³-hybridized carbons (Fsp3) is 0.160.